The van der Waals surface area contributed by atoms with Crippen LogP contribution in [-0.2, 0) is 0 Å². The second-order valence-corrected chi connectivity index (χ2v) is 3.66. The lowest BCUT2D eigenvalue weighted by Crippen LogP contribution is -2.09. The number of benzene rings is 1. The number of nitrogens with zero attached hydrogens (tertiary/aromatic N) is 2. The monoisotopic (exact) mass is 257 g/mol. The number of aromatic nitrogens is 3. The molecule has 0 unspecified atom stereocenters. The molecule has 1 heterocycles. The van der Waals surface area contributed by atoms with Crippen LogP contribution in [-0.4, -0.2) is 21.4 Å². The first-order valence-corrected chi connectivity index (χ1v) is 4.95. The Kier molecular flexibility index (Phi) is 3.07. The van der Waals surface area contributed by atoms with Crippen molar-refractivity contribution < 1.29 is 9.53 Å². The molecule has 0 atom stereocenters. The fraction of sp³-hybridized carbons (Fsp3) is 0. The van der Waals surface area contributed by atoms with Crippen molar-refractivity contribution in [2.75, 3.05) is 0 Å². The highest BCUT2D eigenvalue weighted by Crippen LogP contribution is 2.27. The van der Waals surface area contributed by atoms with Crippen molar-refractivity contribution in [1.29, 1.82) is 0 Å². The van der Waals surface area contributed by atoms with Gasteiger partial charge in [0.05, 0.1) is 11.2 Å². The lowest BCUT2D eigenvalue weighted by molar-refractivity contribution is 0.0728. The molecule has 5 nitrogen and oxygen atoms in total. The summed E-state index contributed by atoms with van der Waals surface area (Å²) in [5.74, 6) is -0.419. The first-order valence-electron chi connectivity index (χ1n) is 4.20. The summed E-state index contributed by atoms with van der Waals surface area (Å²) in [7, 11) is 0. The second kappa shape index (κ2) is 4.51. The number of H-pyrrole nitrogens is 1. The van der Waals surface area contributed by atoms with E-state index in [9.17, 15) is 4.79 Å². The SMILES string of the molecule is O=C(Oc1ccc(Cl)cc1Cl)c1cn[nH]n1. The molecule has 7 heteroatoms. The molecule has 2 rings (SSSR count). The molecule has 0 radical (unpaired) electrons. The van der Waals surface area contributed by atoms with Crippen LogP contribution in [0.25, 0.3) is 0 Å². The lowest BCUT2D eigenvalue weighted by Gasteiger charge is -2.04. The number of halogens is 2. The number of ether oxygens (including phenoxy) is 1. The molecule has 0 fully saturated rings. The van der Waals surface area contributed by atoms with Crippen LogP contribution in [0.3, 0.4) is 0 Å². The Morgan fingerprint density at radius 3 is 2.81 bits per heavy atom. The summed E-state index contributed by atoms with van der Waals surface area (Å²) in [5, 5.41) is 10.1. The largest absolute Gasteiger partial charge is 0.420 e. The van der Waals surface area contributed by atoms with Crippen molar-refractivity contribution in [2.45, 2.75) is 0 Å². The summed E-state index contributed by atoms with van der Waals surface area (Å²) in [4.78, 5) is 11.5. The van der Waals surface area contributed by atoms with Gasteiger partial charge >= 0.3 is 5.97 Å². The topological polar surface area (TPSA) is 67.9 Å². The zero-order valence-electron chi connectivity index (χ0n) is 7.78. The molecule has 0 saturated carbocycles. The number of aromatic amines is 1. The molecule has 0 spiro atoms. The van der Waals surface area contributed by atoms with E-state index in [1.165, 1.54) is 18.3 Å². The maximum Gasteiger partial charge on any atom is 0.365 e. The van der Waals surface area contributed by atoms with Gasteiger partial charge in [0, 0.05) is 5.02 Å². The minimum absolute atomic E-state index is 0.0750. The molecular formula is C9H5Cl2N3O2. The molecule has 0 aliphatic rings. The van der Waals surface area contributed by atoms with E-state index >= 15 is 0 Å². The first kappa shape index (κ1) is 10.9. The Morgan fingerprint density at radius 2 is 2.19 bits per heavy atom. The Balaban J connectivity index is 2.18. The molecular weight excluding hydrogens is 253 g/mol. The summed E-state index contributed by atoms with van der Waals surface area (Å²) in [5.41, 5.74) is 0.0750. The Morgan fingerprint density at radius 1 is 1.38 bits per heavy atom. The molecule has 1 aromatic heterocycles. The molecule has 0 aliphatic heterocycles. The maximum absolute atomic E-state index is 11.5. The Hall–Kier alpha value is -1.59. The van der Waals surface area contributed by atoms with Crippen LogP contribution in [0.1, 0.15) is 10.5 Å². The molecule has 0 aliphatic carbocycles. The summed E-state index contributed by atoms with van der Waals surface area (Å²) >= 11 is 11.5. The molecule has 1 N–H and O–H groups in total. The summed E-state index contributed by atoms with van der Waals surface area (Å²) in [6.45, 7) is 0. The van der Waals surface area contributed by atoms with Crippen LogP contribution in [0.4, 0.5) is 0 Å². The highest BCUT2D eigenvalue weighted by molar-refractivity contribution is 6.35. The molecule has 0 amide bonds. The fourth-order valence-corrected chi connectivity index (χ4v) is 1.46. The van der Waals surface area contributed by atoms with Gasteiger partial charge in [-0.2, -0.15) is 10.3 Å². The minimum Gasteiger partial charge on any atom is -0.420 e. The van der Waals surface area contributed by atoms with Gasteiger partial charge in [-0.05, 0) is 18.2 Å². The zero-order valence-corrected chi connectivity index (χ0v) is 9.29. The van der Waals surface area contributed by atoms with Crippen molar-refractivity contribution in [2.24, 2.45) is 0 Å². The van der Waals surface area contributed by atoms with Gasteiger partial charge in [-0.3, -0.25) is 0 Å². The number of nitrogens with one attached hydrogen (secondary N) is 1. The van der Waals surface area contributed by atoms with Crippen LogP contribution in [0.2, 0.25) is 10.0 Å². The first-order chi connectivity index (χ1) is 7.66. The summed E-state index contributed by atoms with van der Waals surface area (Å²) in [6.07, 6.45) is 1.26. The fourth-order valence-electron chi connectivity index (χ4n) is 1.01. The van der Waals surface area contributed by atoms with E-state index in [1.807, 2.05) is 0 Å². The van der Waals surface area contributed by atoms with E-state index in [0.717, 1.165) is 0 Å². The number of hydrogen-bond acceptors (Lipinski definition) is 4. The van der Waals surface area contributed by atoms with E-state index in [2.05, 4.69) is 15.4 Å². The number of hydrogen-bond donors (Lipinski definition) is 1. The number of carbonyl (C=O) groups excluding carboxylic acids is 1. The van der Waals surface area contributed by atoms with Crippen molar-refractivity contribution in [3.63, 3.8) is 0 Å². The van der Waals surface area contributed by atoms with Gasteiger partial charge in [0.2, 0.25) is 0 Å². The van der Waals surface area contributed by atoms with Gasteiger partial charge in [-0.1, -0.05) is 23.2 Å². The van der Waals surface area contributed by atoms with Gasteiger partial charge in [-0.25, -0.2) is 4.79 Å². The molecule has 82 valence electrons. The average molecular weight is 258 g/mol. The highest BCUT2D eigenvalue weighted by atomic mass is 35.5. The van der Waals surface area contributed by atoms with E-state index in [-0.39, 0.29) is 16.5 Å². The minimum atomic E-state index is -0.641. The predicted molar refractivity (Wildman–Crippen MR) is 57.8 cm³/mol. The van der Waals surface area contributed by atoms with Gasteiger partial charge in [0.1, 0.15) is 5.75 Å². The van der Waals surface area contributed by atoms with Crippen molar-refractivity contribution in [1.82, 2.24) is 15.4 Å². The maximum atomic E-state index is 11.5. The smallest absolute Gasteiger partial charge is 0.365 e. The van der Waals surface area contributed by atoms with Gasteiger partial charge in [0.15, 0.2) is 5.69 Å². The summed E-state index contributed by atoms with van der Waals surface area (Å²) in [6, 6.07) is 4.55. The van der Waals surface area contributed by atoms with Crippen LogP contribution in [0.5, 0.6) is 5.75 Å². The van der Waals surface area contributed by atoms with E-state index in [1.54, 1.807) is 6.07 Å². The van der Waals surface area contributed by atoms with Crippen LogP contribution < -0.4 is 4.74 Å². The van der Waals surface area contributed by atoms with Crippen LogP contribution >= 0.6 is 23.2 Å². The molecule has 0 saturated heterocycles. The quantitative estimate of drug-likeness (QED) is 0.663. The molecule has 1 aromatic carbocycles. The average Bonchev–Trinajstić information content (AvgIpc) is 2.75. The third kappa shape index (κ3) is 2.32. The lowest BCUT2D eigenvalue weighted by atomic mass is 10.3. The molecule has 0 bridgehead atoms. The number of rotatable bonds is 2. The normalized spacial score (nSPS) is 10.1. The van der Waals surface area contributed by atoms with Gasteiger partial charge in [-0.15, -0.1) is 5.10 Å². The predicted octanol–water partition coefficient (Wildman–Crippen LogP) is 2.33. The van der Waals surface area contributed by atoms with E-state index < -0.39 is 5.97 Å². The van der Waals surface area contributed by atoms with Crippen molar-refractivity contribution in [3.05, 3.63) is 40.1 Å². The van der Waals surface area contributed by atoms with E-state index in [4.69, 9.17) is 27.9 Å². The summed E-state index contributed by atoms with van der Waals surface area (Å²) < 4.78 is 4.99. The standard InChI is InChI=1S/C9H5Cl2N3O2/c10-5-1-2-8(6(11)3-5)16-9(15)7-4-12-14-13-7/h1-4H,(H,12,13,14). The Labute approximate surface area is 100 Å². The third-order valence-electron chi connectivity index (χ3n) is 1.72. The van der Waals surface area contributed by atoms with Gasteiger partial charge in [0.25, 0.3) is 0 Å². The van der Waals surface area contributed by atoms with Gasteiger partial charge < -0.3 is 4.74 Å². The second-order valence-electron chi connectivity index (χ2n) is 2.82. The molecule has 16 heavy (non-hydrogen) atoms. The Bertz CT molecular complexity index is 513. The van der Waals surface area contributed by atoms with E-state index in [0.29, 0.717) is 5.02 Å². The third-order valence-corrected chi connectivity index (χ3v) is 2.25. The molecule has 2 aromatic rings. The van der Waals surface area contributed by atoms with Crippen molar-refractivity contribution >= 4 is 29.2 Å². The number of carbonyl (C=O) groups is 1. The highest BCUT2D eigenvalue weighted by Gasteiger charge is 2.13. The number of esters is 1. The zero-order chi connectivity index (χ0) is 11.5. The van der Waals surface area contributed by atoms with Crippen LogP contribution in [0, 0.1) is 0 Å². The van der Waals surface area contributed by atoms with Crippen molar-refractivity contribution in [3.8, 4) is 5.75 Å². The van der Waals surface area contributed by atoms with Crippen LogP contribution in [0.15, 0.2) is 24.4 Å².